The van der Waals surface area contributed by atoms with Gasteiger partial charge >= 0.3 is 0 Å². The van der Waals surface area contributed by atoms with Crippen LogP contribution >= 0.6 is 0 Å². The quantitative estimate of drug-likeness (QED) is 0.868. The first kappa shape index (κ1) is 14.5. The third-order valence-electron chi connectivity index (χ3n) is 5.01. The standard InChI is InChI=1S/C19H23N3O/c1-14-9-11-21(12-10-14)19(23)18-13-17(15-7-8-15)20-22(18)16-5-3-2-4-6-16/h2-6,13-15H,7-12H2,1H3. The van der Waals surface area contributed by atoms with E-state index in [9.17, 15) is 4.79 Å². The Morgan fingerprint density at radius 2 is 1.78 bits per heavy atom. The molecule has 1 saturated heterocycles. The fraction of sp³-hybridized carbons (Fsp3) is 0.474. The van der Waals surface area contributed by atoms with Crippen LogP contribution < -0.4 is 0 Å². The molecule has 23 heavy (non-hydrogen) atoms. The van der Waals surface area contributed by atoms with Gasteiger partial charge in [-0.15, -0.1) is 0 Å². The number of amides is 1. The number of hydrogen-bond donors (Lipinski definition) is 0. The van der Waals surface area contributed by atoms with Crippen LogP contribution in [0.1, 0.15) is 54.7 Å². The van der Waals surface area contributed by atoms with Crippen molar-refractivity contribution in [2.75, 3.05) is 13.1 Å². The fourth-order valence-electron chi connectivity index (χ4n) is 3.27. The number of piperidine rings is 1. The van der Waals surface area contributed by atoms with Gasteiger partial charge in [0.2, 0.25) is 0 Å². The van der Waals surface area contributed by atoms with E-state index in [1.165, 1.54) is 12.8 Å². The molecule has 4 rings (SSSR count). The Labute approximate surface area is 137 Å². The van der Waals surface area contributed by atoms with Crippen molar-refractivity contribution in [2.24, 2.45) is 5.92 Å². The molecule has 0 radical (unpaired) electrons. The molecule has 1 aromatic carbocycles. The number of carbonyl (C=O) groups is 1. The minimum atomic E-state index is 0.125. The van der Waals surface area contributed by atoms with Crippen molar-refractivity contribution in [1.82, 2.24) is 14.7 Å². The maximum Gasteiger partial charge on any atom is 0.272 e. The van der Waals surface area contributed by atoms with Crippen LogP contribution in [0.2, 0.25) is 0 Å². The van der Waals surface area contributed by atoms with Crippen LogP contribution in [-0.4, -0.2) is 33.7 Å². The van der Waals surface area contributed by atoms with E-state index >= 15 is 0 Å². The maximum atomic E-state index is 13.0. The van der Waals surface area contributed by atoms with Crippen LogP contribution in [0.15, 0.2) is 36.4 Å². The van der Waals surface area contributed by atoms with Gasteiger partial charge in [0.1, 0.15) is 5.69 Å². The van der Waals surface area contributed by atoms with Crippen LogP contribution in [0.5, 0.6) is 0 Å². The third kappa shape index (κ3) is 2.90. The van der Waals surface area contributed by atoms with Crippen molar-refractivity contribution in [3.8, 4) is 5.69 Å². The molecule has 0 unspecified atom stereocenters. The fourth-order valence-corrected chi connectivity index (χ4v) is 3.27. The average molecular weight is 309 g/mol. The van der Waals surface area contributed by atoms with E-state index in [2.05, 4.69) is 6.92 Å². The predicted octanol–water partition coefficient (Wildman–Crippen LogP) is 3.62. The molecule has 1 aromatic heterocycles. The summed E-state index contributed by atoms with van der Waals surface area (Å²) in [5, 5.41) is 4.74. The number of nitrogens with zero attached hydrogens (tertiary/aromatic N) is 3. The van der Waals surface area contributed by atoms with Gasteiger partial charge < -0.3 is 4.90 Å². The van der Waals surface area contributed by atoms with Crippen LogP contribution in [0, 0.1) is 5.92 Å². The zero-order valence-electron chi connectivity index (χ0n) is 13.6. The highest BCUT2D eigenvalue weighted by molar-refractivity contribution is 5.93. The van der Waals surface area contributed by atoms with Crippen LogP contribution in [0.3, 0.4) is 0 Å². The van der Waals surface area contributed by atoms with Crippen molar-refractivity contribution >= 4 is 5.91 Å². The smallest absolute Gasteiger partial charge is 0.272 e. The number of carbonyl (C=O) groups excluding carboxylic acids is 1. The first-order valence-electron chi connectivity index (χ1n) is 8.67. The van der Waals surface area contributed by atoms with Crippen LogP contribution in [-0.2, 0) is 0 Å². The topological polar surface area (TPSA) is 38.1 Å². The second-order valence-corrected chi connectivity index (χ2v) is 6.95. The van der Waals surface area contributed by atoms with Gasteiger partial charge in [-0.1, -0.05) is 25.1 Å². The maximum absolute atomic E-state index is 13.0. The molecule has 0 spiro atoms. The molecule has 2 aromatic rings. The third-order valence-corrected chi connectivity index (χ3v) is 5.01. The summed E-state index contributed by atoms with van der Waals surface area (Å²) in [5.74, 6) is 1.40. The first-order valence-corrected chi connectivity index (χ1v) is 8.67. The molecule has 4 nitrogen and oxygen atoms in total. The Balaban J connectivity index is 1.67. The second kappa shape index (κ2) is 5.84. The number of hydrogen-bond acceptors (Lipinski definition) is 2. The second-order valence-electron chi connectivity index (χ2n) is 6.95. The van der Waals surface area contributed by atoms with E-state index in [0.717, 1.165) is 43.2 Å². The highest BCUT2D eigenvalue weighted by Crippen LogP contribution is 2.40. The Morgan fingerprint density at radius 1 is 1.09 bits per heavy atom. The van der Waals surface area contributed by atoms with Crippen LogP contribution in [0.25, 0.3) is 5.69 Å². The lowest BCUT2D eigenvalue weighted by Gasteiger charge is -2.30. The van der Waals surface area contributed by atoms with Gasteiger partial charge in [-0.25, -0.2) is 4.68 Å². The first-order chi connectivity index (χ1) is 11.2. The lowest BCUT2D eigenvalue weighted by molar-refractivity contribution is 0.0688. The zero-order valence-corrected chi connectivity index (χ0v) is 13.6. The van der Waals surface area contributed by atoms with Gasteiger partial charge in [0.25, 0.3) is 5.91 Å². The largest absolute Gasteiger partial charge is 0.337 e. The average Bonchev–Trinajstić information content (AvgIpc) is 3.34. The summed E-state index contributed by atoms with van der Waals surface area (Å²) in [6.45, 7) is 3.98. The summed E-state index contributed by atoms with van der Waals surface area (Å²) >= 11 is 0. The van der Waals surface area contributed by atoms with Gasteiger partial charge in [0.15, 0.2) is 0 Å². The van der Waals surface area contributed by atoms with Crippen molar-refractivity contribution in [2.45, 2.75) is 38.5 Å². The van der Waals surface area contributed by atoms with Crippen molar-refractivity contribution in [3.63, 3.8) is 0 Å². The van der Waals surface area contributed by atoms with Gasteiger partial charge in [-0.3, -0.25) is 4.79 Å². The Bertz CT molecular complexity index is 695. The van der Waals surface area contributed by atoms with Gasteiger partial charge in [-0.2, -0.15) is 5.10 Å². The van der Waals surface area contributed by atoms with E-state index in [-0.39, 0.29) is 5.91 Å². The van der Waals surface area contributed by atoms with Crippen molar-refractivity contribution in [3.05, 3.63) is 47.8 Å². The van der Waals surface area contributed by atoms with E-state index in [0.29, 0.717) is 11.6 Å². The number of para-hydroxylation sites is 1. The van der Waals surface area contributed by atoms with Crippen LogP contribution in [0.4, 0.5) is 0 Å². The minimum Gasteiger partial charge on any atom is -0.337 e. The molecule has 2 aliphatic rings. The van der Waals surface area contributed by atoms with E-state index < -0.39 is 0 Å². The van der Waals surface area contributed by atoms with Crippen molar-refractivity contribution in [1.29, 1.82) is 0 Å². The molecule has 120 valence electrons. The minimum absolute atomic E-state index is 0.125. The number of rotatable bonds is 3. The number of aromatic nitrogens is 2. The van der Waals surface area contributed by atoms with Crippen molar-refractivity contribution < 1.29 is 4.79 Å². The SMILES string of the molecule is CC1CCN(C(=O)c2cc(C3CC3)nn2-c2ccccc2)CC1. The molecule has 1 aliphatic carbocycles. The normalized spacial score (nSPS) is 19.1. The molecule has 1 amide bonds. The van der Waals surface area contributed by atoms with Gasteiger partial charge in [-0.05, 0) is 49.8 Å². The zero-order chi connectivity index (χ0) is 15.8. The highest BCUT2D eigenvalue weighted by Gasteiger charge is 2.31. The predicted molar refractivity (Wildman–Crippen MR) is 89.8 cm³/mol. The summed E-state index contributed by atoms with van der Waals surface area (Å²) < 4.78 is 1.84. The van der Waals surface area contributed by atoms with E-state index in [4.69, 9.17) is 5.10 Å². The molecule has 1 saturated carbocycles. The Kier molecular flexibility index (Phi) is 3.68. The molecule has 2 fully saturated rings. The van der Waals surface area contributed by atoms with Gasteiger partial charge in [0, 0.05) is 19.0 Å². The summed E-state index contributed by atoms with van der Waals surface area (Å²) in [6.07, 6.45) is 4.59. The summed E-state index contributed by atoms with van der Waals surface area (Å²) in [7, 11) is 0. The molecule has 2 heterocycles. The molecular weight excluding hydrogens is 286 g/mol. The summed E-state index contributed by atoms with van der Waals surface area (Å²) in [6, 6.07) is 12.0. The molecule has 0 N–H and O–H groups in total. The lowest BCUT2D eigenvalue weighted by Crippen LogP contribution is -2.38. The highest BCUT2D eigenvalue weighted by atomic mass is 16.2. The molecule has 4 heteroatoms. The summed E-state index contributed by atoms with van der Waals surface area (Å²) in [5.41, 5.74) is 2.75. The Hall–Kier alpha value is -2.10. The van der Waals surface area contributed by atoms with Gasteiger partial charge in [0.05, 0.1) is 11.4 Å². The monoisotopic (exact) mass is 309 g/mol. The summed E-state index contributed by atoms with van der Waals surface area (Å²) in [4.78, 5) is 15.0. The Morgan fingerprint density at radius 3 is 2.43 bits per heavy atom. The molecule has 0 bridgehead atoms. The molecule has 1 aliphatic heterocycles. The lowest BCUT2D eigenvalue weighted by atomic mass is 9.99. The van der Waals surface area contributed by atoms with E-state index in [1.807, 2.05) is 46.0 Å². The number of benzene rings is 1. The molecule has 0 atom stereocenters. The number of likely N-dealkylation sites (tertiary alicyclic amines) is 1. The molecular formula is C19H23N3O. The van der Waals surface area contributed by atoms with E-state index in [1.54, 1.807) is 0 Å².